The number of nitrogens with zero attached hydrogens (tertiary/aromatic N) is 1. The number of rotatable bonds is 8. The van der Waals surface area contributed by atoms with Crippen LogP contribution in [-0.4, -0.2) is 37.3 Å². The maximum atomic E-state index is 13.1. The number of nitrogens with one attached hydrogen (secondary N) is 2. The average Bonchev–Trinajstić information content (AvgIpc) is 2.86. The summed E-state index contributed by atoms with van der Waals surface area (Å²) >= 11 is 13.8. The molecular weight excluding hydrogens is 549 g/mol. The Balaban J connectivity index is 1.97. The normalized spacial score (nSPS) is 16.9. The number of carbonyl (C=O) groups excluding carboxylic acids is 3. The zero-order valence-electron chi connectivity index (χ0n) is 21.5. The number of carbonyl (C=O) groups is 3. The van der Waals surface area contributed by atoms with Gasteiger partial charge in [0.25, 0.3) is 0 Å². The Hall–Kier alpha value is -3.19. The lowest BCUT2D eigenvalue weighted by Crippen LogP contribution is -2.44. The molecule has 2 atom stereocenters. The van der Waals surface area contributed by atoms with Gasteiger partial charge >= 0.3 is 5.97 Å². The van der Waals surface area contributed by atoms with Gasteiger partial charge in [-0.2, -0.15) is 5.26 Å². The number of aryl methyl sites for hydroxylation is 3. The molecule has 1 heterocycles. The third-order valence-corrected chi connectivity index (χ3v) is 7.52. The summed E-state index contributed by atoms with van der Waals surface area (Å²) in [4.78, 5) is 38.5. The van der Waals surface area contributed by atoms with Crippen molar-refractivity contribution in [3.05, 3.63) is 67.2 Å². The molecule has 200 valence electrons. The predicted molar refractivity (Wildman–Crippen MR) is 148 cm³/mol. The fraction of sp³-hybridized carbons (Fsp3) is 0.333. The molecule has 38 heavy (non-hydrogen) atoms. The molecule has 0 saturated carbocycles. The van der Waals surface area contributed by atoms with Crippen LogP contribution in [0.4, 0.5) is 5.69 Å². The van der Waals surface area contributed by atoms with Gasteiger partial charge in [-0.15, -0.1) is 0 Å². The van der Waals surface area contributed by atoms with E-state index in [1.165, 1.54) is 12.1 Å². The van der Waals surface area contributed by atoms with Gasteiger partial charge in [0.15, 0.2) is 5.75 Å². The van der Waals surface area contributed by atoms with Gasteiger partial charge in [0.05, 0.1) is 46.2 Å². The van der Waals surface area contributed by atoms with Gasteiger partial charge in [-0.05, 0) is 56.5 Å². The topological polar surface area (TPSA) is 118 Å². The average molecular weight is 577 g/mol. The van der Waals surface area contributed by atoms with Crippen molar-refractivity contribution in [2.75, 3.05) is 24.8 Å². The SMILES string of the molecule is CCOc1c(Cl)cc([C@H]2C(C#N)=C(SCC(=O)Nc3c(C)cc(C)cc3C)NC(=O)[C@@H]2C(=O)OC)cc1Cl. The standard InChI is InChI=1S/C27H27Cl2N3O5S/c1-6-37-24-18(28)9-16(10-19(24)29)21-17(11-30)26(32-25(34)22(21)27(35)36-5)38-12-20(33)31-23-14(3)7-13(2)8-15(23)4/h7-10,21-22H,6,12H2,1-5H3,(H,31,33)(H,32,34)/t21-,22+/m0/s1. The summed E-state index contributed by atoms with van der Waals surface area (Å²) in [6.07, 6.45) is 0. The number of benzene rings is 2. The molecule has 3 rings (SSSR count). The molecule has 2 aromatic rings. The van der Waals surface area contributed by atoms with Crippen LogP contribution in [0.3, 0.4) is 0 Å². The lowest BCUT2D eigenvalue weighted by Gasteiger charge is -2.31. The van der Waals surface area contributed by atoms with Gasteiger partial charge in [-0.25, -0.2) is 0 Å². The van der Waals surface area contributed by atoms with Gasteiger partial charge < -0.3 is 20.1 Å². The van der Waals surface area contributed by atoms with E-state index in [4.69, 9.17) is 32.7 Å². The Morgan fingerprint density at radius 3 is 2.26 bits per heavy atom. The van der Waals surface area contributed by atoms with E-state index in [1.54, 1.807) is 6.92 Å². The smallest absolute Gasteiger partial charge is 0.319 e. The number of thioether (sulfide) groups is 1. The fourth-order valence-corrected chi connectivity index (χ4v) is 5.87. The highest BCUT2D eigenvalue weighted by Crippen LogP contribution is 2.44. The molecule has 0 unspecified atom stereocenters. The van der Waals surface area contributed by atoms with E-state index in [0.29, 0.717) is 17.9 Å². The molecule has 1 aliphatic heterocycles. The monoisotopic (exact) mass is 575 g/mol. The number of hydrogen-bond donors (Lipinski definition) is 2. The summed E-state index contributed by atoms with van der Waals surface area (Å²) in [5.41, 5.74) is 4.09. The largest absolute Gasteiger partial charge is 0.491 e. The lowest BCUT2D eigenvalue weighted by atomic mass is 9.78. The molecule has 1 aliphatic rings. The van der Waals surface area contributed by atoms with Gasteiger partial charge in [0.2, 0.25) is 11.8 Å². The van der Waals surface area contributed by atoms with Crippen molar-refractivity contribution >= 4 is 58.4 Å². The minimum absolute atomic E-state index is 0.0804. The maximum absolute atomic E-state index is 13.1. The number of amides is 2. The van der Waals surface area contributed by atoms with Crippen LogP contribution in [0.1, 0.15) is 35.1 Å². The third-order valence-electron chi connectivity index (χ3n) is 5.94. The zero-order valence-corrected chi connectivity index (χ0v) is 23.9. The molecule has 11 heteroatoms. The Morgan fingerprint density at radius 2 is 1.74 bits per heavy atom. The highest BCUT2D eigenvalue weighted by Gasteiger charge is 2.44. The molecule has 0 spiro atoms. The number of esters is 1. The van der Waals surface area contributed by atoms with E-state index in [9.17, 15) is 19.6 Å². The second kappa shape index (κ2) is 12.6. The summed E-state index contributed by atoms with van der Waals surface area (Å²) in [7, 11) is 1.16. The second-order valence-corrected chi connectivity index (χ2v) is 10.5. The van der Waals surface area contributed by atoms with Crippen molar-refractivity contribution in [3.63, 3.8) is 0 Å². The second-order valence-electron chi connectivity index (χ2n) is 8.68. The number of ether oxygens (including phenoxy) is 2. The first-order valence-electron chi connectivity index (χ1n) is 11.7. The van der Waals surface area contributed by atoms with Gasteiger partial charge in [0.1, 0.15) is 5.92 Å². The Kier molecular flexibility index (Phi) is 9.71. The van der Waals surface area contributed by atoms with Crippen LogP contribution >= 0.6 is 35.0 Å². The quantitative estimate of drug-likeness (QED) is 0.318. The molecule has 0 aliphatic carbocycles. The van der Waals surface area contributed by atoms with Crippen molar-refractivity contribution in [2.24, 2.45) is 5.92 Å². The van der Waals surface area contributed by atoms with Crippen LogP contribution in [0.2, 0.25) is 10.0 Å². The van der Waals surface area contributed by atoms with Crippen LogP contribution < -0.4 is 15.4 Å². The summed E-state index contributed by atoms with van der Waals surface area (Å²) in [5.74, 6) is -4.06. The van der Waals surface area contributed by atoms with Gasteiger partial charge in [-0.1, -0.05) is 52.7 Å². The fourth-order valence-electron chi connectivity index (χ4n) is 4.41. The number of anilines is 1. The van der Waals surface area contributed by atoms with Crippen molar-refractivity contribution in [1.82, 2.24) is 5.32 Å². The number of hydrogen-bond acceptors (Lipinski definition) is 7. The Labute approximate surface area is 235 Å². The van der Waals surface area contributed by atoms with E-state index in [1.807, 2.05) is 32.9 Å². The van der Waals surface area contributed by atoms with E-state index in [-0.39, 0.29) is 38.1 Å². The molecular formula is C27H27Cl2N3O5S. The molecule has 0 aromatic heterocycles. The first-order valence-corrected chi connectivity index (χ1v) is 13.4. The van der Waals surface area contributed by atoms with Crippen molar-refractivity contribution in [1.29, 1.82) is 5.26 Å². The van der Waals surface area contributed by atoms with Crippen LogP contribution in [0.5, 0.6) is 5.75 Å². The highest BCUT2D eigenvalue weighted by molar-refractivity contribution is 8.03. The van der Waals surface area contributed by atoms with Crippen molar-refractivity contribution < 1.29 is 23.9 Å². The van der Waals surface area contributed by atoms with Crippen molar-refractivity contribution in [2.45, 2.75) is 33.6 Å². The maximum Gasteiger partial charge on any atom is 0.319 e. The van der Waals surface area contributed by atoms with E-state index in [0.717, 1.165) is 35.6 Å². The number of nitriles is 1. The molecule has 2 N–H and O–H groups in total. The summed E-state index contributed by atoms with van der Waals surface area (Å²) in [6.45, 7) is 7.89. The number of methoxy groups -OCH3 is 1. The van der Waals surface area contributed by atoms with Gasteiger partial charge in [0, 0.05) is 11.6 Å². The zero-order chi connectivity index (χ0) is 28.1. The molecule has 8 nitrogen and oxygen atoms in total. The lowest BCUT2D eigenvalue weighted by molar-refractivity contribution is -0.150. The molecule has 2 amide bonds. The molecule has 0 fully saturated rings. The first kappa shape index (κ1) is 29.4. The minimum atomic E-state index is -1.37. The minimum Gasteiger partial charge on any atom is -0.491 e. The van der Waals surface area contributed by atoms with Crippen LogP contribution in [0, 0.1) is 38.0 Å². The van der Waals surface area contributed by atoms with Gasteiger partial charge in [-0.3, -0.25) is 14.4 Å². The Bertz CT molecular complexity index is 1320. The van der Waals surface area contributed by atoms with Crippen LogP contribution in [0.25, 0.3) is 0 Å². The molecule has 2 aromatic carbocycles. The van der Waals surface area contributed by atoms with E-state index >= 15 is 0 Å². The van der Waals surface area contributed by atoms with E-state index < -0.39 is 23.7 Å². The summed E-state index contributed by atoms with van der Waals surface area (Å²) < 4.78 is 10.3. The van der Waals surface area contributed by atoms with E-state index in [2.05, 4.69) is 16.7 Å². The Morgan fingerprint density at radius 1 is 1.13 bits per heavy atom. The third kappa shape index (κ3) is 6.26. The first-order chi connectivity index (χ1) is 18.0. The molecule has 0 bridgehead atoms. The summed E-state index contributed by atoms with van der Waals surface area (Å²) in [5, 5.41) is 16.1. The number of halogens is 2. The predicted octanol–water partition coefficient (Wildman–Crippen LogP) is 5.43. The van der Waals surface area contributed by atoms with Crippen LogP contribution in [0.15, 0.2) is 34.9 Å². The highest BCUT2D eigenvalue weighted by atomic mass is 35.5. The molecule has 0 saturated heterocycles. The summed E-state index contributed by atoms with van der Waals surface area (Å²) in [6, 6.07) is 9.05. The number of allylic oxidation sites excluding steroid dienone is 1. The molecule has 0 radical (unpaired) electrons. The van der Waals surface area contributed by atoms with Crippen LogP contribution in [-0.2, 0) is 19.1 Å². The van der Waals surface area contributed by atoms with Crippen molar-refractivity contribution in [3.8, 4) is 11.8 Å².